The van der Waals surface area contributed by atoms with Crippen molar-refractivity contribution in [3.05, 3.63) is 77.2 Å². The highest BCUT2D eigenvalue weighted by Crippen LogP contribution is 2.49. The topological polar surface area (TPSA) is 367 Å². The number of carbonyl (C=O) groups is 2. The molecule has 9 aromatic rings. The fourth-order valence-electron chi connectivity index (χ4n) is 22.4. The minimum Gasteiger partial charge on any atom is -0.444 e. The van der Waals surface area contributed by atoms with Crippen LogP contribution >= 0.6 is 11.6 Å². The molecule has 8 atom stereocenters. The van der Waals surface area contributed by atoms with Crippen molar-refractivity contribution >= 4 is 121 Å². The highest BCUT2D eigenvalue weighted by atomic mass is 35.5. The van der Waals surface area contributed by atoms with Gasteiger partial charge in [0, 0.05) is 134 Å². The Morgan fingerprint density at radius 1 is 0.447 bits per heavy atom. The summed E-state index contributed by atoms with van der Waals surface area (Å²) in [7, 11) is 0. The monoisotopic (exact) mass is 1830 g/mol. The quantitative estimate of drug-likeness (QED) is 0.0709. The van der Waals surface area contributed by atoms with Gasteiger partial charge in [0.1, 0.15) is 45.4 Å². The van der Waals surface area contributed by atoms with Gasteiger partial charge in [0.15, 0.2) is 63.4 Å². The molecule has 2 unspecified atom stereocenters. The maximum absolute atomic E-state index is 12.8. The highest BCUT2D eigenvalue weighted by molar-refractivity contribution is 6.29. The molecule has 10 fully saturated rings. The van der Waals surface area contributed by atoms with Crippen molar-refractivity contribution < 1.29 is 42.7 Å². The van der Waals surface area contributed by atoms with Crippen molar-refractivity contribution in [1.82, 2.24) is 90.6 Å². The molecule has 0 aromatic carbocycles. The number of aryl methyl sites for hydroxylation is 3. The van der Waals surface area contributed by atoms with Crippen molar-refractivity contribution in [2.75, 3.05) is 170 Å². The molecule has 22 heterocycles. The Balaban J connectivity index is 0.000000125. The van der Waals surface area contributed by atoms with E-state index in [0.29, 0.717) is 25.0 Å². The third-order valence-electron chi connectivity index (χ3n) is 29.7. The van der Waals surface area contributed by atoms with Gasteiger partial charge in [0.25, 0.3) is 0 Å². The highest BCUT2D eigenvalue weighted by Gasteiger charge is 2.54. The standard InChI is InChI=1S/C37H53N9O4.C32H43ClN8O4.C26H36N10O/c1-25-32(41-35(47)50-36(2,3)4)37(24-49-25)15-20-44(21-16-37)29-23-38-31-33(40-29)46(30-12-6-9-22-48-30)42-34(31)45-19-10-11-26-27(45)13-14-28(39-26)43-17-7-5-8-18-43;1-20-27(37-30(42)45-31(2,3)4)32(19-44-20)12-15-39(16-13-32)24-18-34-26-28(36-24)41(25-9-5-6-17-43-25)38-29(26)40-14-7-8-21-22(40)10-11-23(33)35-21;1-17-23(27)26(16-37-17)6-11-34(12-7-26)21-15-29-22-24(31-21)32-33-25(22)36-10-2-3-18-19(36)4-5-20(30-18)35-13-8-28-9-14-35/h13-14,23,25,30,32H,5-12,15-22,24H2,1-4H3,(H,41,47);10-11,18,20,25,27H,5-9,12-17,19H2,1-4H3,(H,37,42);4-5,15,17,23,28H,2-3,6-14,16,27H2,1H3,(H,31,32,33)/t25-,30?,32+;20-,25?,27+;17-,23+/m000/s1. The van der Waals surface area contributed by atoms with E-state index in [2.05, 4.69) is 102 Å². The zero-order valence-corrected chi connectivity index (χ0v) is 79.0. The summed E-state index contributed by atoms with van der Waals surface area (Å²) in [6.07, 6.45) is 25.6. The van der Waals surface area contributed by atoms with E-state index in [9.17, 15) is 9.59 Å². The Morgan fingerprint density at radius 3 is 1.32 bits per heavy atom. The van der Waals surface area contributed by atoms with Crippen molar-refractivity contribution in [2.45, 2.75) is 257 Å². The predicted molar refractivity (Wildman–Crippen MR) is 507 cm³/mol. The van der Waals surface area contributed by atoms with Gasteiger partial charge in [-0.05, 0) is 234 Å². The normalized spacial score (nSPS) is 25.4. The molecule has 2 amide bonds. The van der Waals surface area contributed by atoms with E-state index >= 15 is 0 Å². The number of pyridine rings is 3. The average Bonchev–Trinajstić information content (AvgIpc) is 1.57. The first-order chi connectivity index (χ1) is 63.9. The van der Waals surface area contributed by atoms with Crippen LogP contribution < -0.4 is 60.9 Å². The summed E-state index contributed by atoms with van der Waals surface area (Å²) >= 11 is 6.24. The smallest absolute Gasteiger partial charge is 0.407 e. The number of alkyl carbamates (subject to hydrolysis) is 2. The lowest BCUT2D eigenvalue weighted by Crippen LogP contribution is -2.55. The molecular weight excluding hydrogens is 1700 g/mol. The summed E-state index contributed by atoms with van der Waals surface area (Å²) in [5.41, 5.74) is 16.2. The average molecular weight is 1830 g/mol. The maximum Gasteiger partial charge on any atom is 0.407 e. The Labute approximate surface area is 776 Å². The van der Waals surface area contributed by atoms with E-state index in [0.717, 1.165) is 341 Å². The van der Waals surface area contributed by atoms with E-state index in [1.54, 1.807) is 0 Å². The number of piperidine rings is 4. The summed E-state index contributed by atoms with van der Waals surface area (Å²) in [6, 6.07) is 12.5. The Bertz CT molecular complexity index is 5600. The molecule has 6 N–H and O–H groups in total. The Morgan fingerprint density at radius 2 is 0.864 bits per heavy atom. The molecule has 0 saturated carbocycles. The second kappa shape index (κ2) is 37.4. The van der Waals surface area contributed by atoms with Gasteiger partial charge in [-0.3, -0.25) is 5.10 Å². The first kappa shape index (κ1) is 89.9. The number of ether oxygens (including phenoxy) is 7. The predicted octanol–water partition coefficient (Wildman–Crippen LogP) is 13.0. The van der Waals surface area contributed by atoms with Crippen LogP contribution in [0.5, 0.6) is 0 Å². The van der Waals surface area contributed by atoms with Crippen LogP contribution in [0.15, 0.2) is 55.0 Å². The van der Waals surface area contributed by atoms with Crippen LogP contribution in [0.2, 0.25) is 5.15 Å². The molecule has 37 heteroatoms. The number of carbonyl (C=O) groups excluding carboxylic acids is 2. The van der Waals surface area contributed by atoms with Gasteiger partial charge >= 0.3 is 12.2 Å². The van der Waals surface area contributed by atoms with Crippen LogP contribution in [-0.2, 0) is 52.4 Å². The van der Waals surface area contributed by atoms with Crippen molar-refractivity contribution in [1.29, 1.82) is 0 Å². The van der Waals surface area contributed by atoms with Gasteiger partial charge in [-0.25, -0.2) is 63.8 Å². The molecule has 132 heavy (non-hydrogen) atoms. The van der Waals surface area contributed by atoms with Crippen LogP contribution in [-0.4, -0.2) is 266 Å². The van der Waals surface area contributed by atoms with Gasteiger partial charge < -0.3 is 94.0 Å². The zero-order chi connectivity index (χ0) is 90.8. The summed E-state index contributed by atoms with van der Waals surface area (Å²) in [5.74, 6) is 7.13. The lowest BCUT2D eigenvalue weighted by atomic mass is 9.73. The number of aromatic amines is 1. The molecule has 0 bridgehead atoms. The first-order valence-electron chi connectivity index (χ1n) is 48.9. The molecule has 0 radical (unpaired) electrons. The number of H-pyrrole nitrogens is 1. The van der Waals surface area contributed by atoms with Crippen molar-refractivity contribution in [3.63, 3.8) is 0 Å². The third-order valence-corrected chi connectivity index (χ3v) is 30.0. The summed E-state index contributed by atoms with van der Waals surface area (Å²) < 4.78 is 45.7. The Kier molecular flexibility index (Phi) is 25.5. The van der Waals surface area contributed by atoms with Crippen molar-refractivity contribution in [2.24, 2.45) is 22.0 Å². The number of nitrogens with one attached hydrogen (secondary N) is 4. The first-order valence-corrected chi connectivity index (χ1v) is 49.2. The number of fused-ring (bicyclic) bond motifs is 6. The summed E-state index contributed by atoms with van der Waals surface area (Å²) in [4.78, 5) is 89.1. The van der Waals surface area contributed by atoms with Crippen LogP contribution in [0.25, 0.3) is 33.5 Å². The number of piperazine rings is 1. The molecule has 0 aliphatic carbocycles. The van der Waals surface area contributed by atoms with E-state index < -0.39 is 17.3 Å². The largest absolute Gasteiger partial charge is 0.444 e. The van der Waals surface area contributed by atoms with Crippen LogP contribution in [0, 0.1) is 16.2 Å². The number of amides is 2. The SMILES string of the molecule is C[C@@H]1OCC2(CCN(c3cnc4c(N5CCCc6nc(Cl)ccc65)nn(C5CCCCO5)c4n3)CC2)[C@@H]1NC(=O)OC(C)(C)C.C[C@@H]1OCC2(CCN(c3cnc4c(N5CCCc6nc(N7CCCCC7)ccc65)nn(C5CCCCO5)c4n3)CC2)[C@@H]1NC(=O)OC(C)(C)C.C[C@@H]1OCC2(CCN(c3cnc4c(N5CCCc6nc(N7CCNCC7)ccc65)n[nH]c4n3)CC2)[C@@H]1N. The van der Waals surface area contributed by atoms with E-state index in [1.165, 1.54) is 19.3 Å². The van der Waals surface area contributed by atoms with Gasteiger partial charge in [-0.15, -0.1) is 10.2 Å². The molecular formula is C95H132ClN27O9. The third kappa shape index (κ3) is 18.3. The zero-order valence-electron chi connectivity index (χ0n) is 78.3. The van der Waals surface area contributed by atoms with E-state index in [-0.39, 0.29) is 71.2 Å². The number of anilines is 11. The number of aromatic nitrogens is 15. The van der Waals surface area contributed by atoms with Gasteiger partial charge in [0.05, 0.1) is 103 Å². The van der Waals surface area contributed by atoms with Gasteiger partial charge in [0.2, 0.25) is 0 Å². The number of halogens is 1. The van der Waals surface area contributed by atoms with Crippen LogP contribution in [0.4, 0.5) is 73.2 Å². The van der Waals surface area contributed by atoms with E-state index in [4.69, 9.17) is 101 Å². The lowest BCUT2D eigenvalue weighted by molar-refractivity contribution is -0.0369. The molecule has 13 aliphatic rings. The number of nitrogens with zero attached hydrogens (tertiary/aromatic N) is 22. The van der Waals surface area contributed by atoms with Crippen LogP contribution in [0.3, 0.4) is 0 Å². The molecule has 13 aliphatic heterocycles. The summed E-state index contributed by atoms with van der Waals surface area (Å²) in [5, 5.41) is 28.4. The number of hydrogen-bond donors (Lipinski definition) is 5. The van der Waals surface area contributed by atoms with Gasteiger partial charge in [-0.1, -0.05) is 11.6 Å². The molecule has 22 rings (SSSR count). The lowest BCUT2D eigenvalue weighted by Gasteiger charge is -2.42. The molecule has 10 saturated heterocycles. The fourth-order valence-corrected chi connectivity index (χ4v) is 22.6. The van der Waals surface area contributed by atoms with Crippen LogP contribution in [0.1, 0.15) is 207 Å². The number of hydrogen-bond acceptors (Lipinski definition) is 31. The summed E-state index contributed by atoms with van der Waals surface area (Å²) in [6.45, 7) is 34.5. The molecule has 9 aromatic heterocycles. The van der Waals surface area contributed by atoms with Crippen molar-refractivity contribution in [3.8, 4) is 0 Å². The molecule has 3 spiro atoms. The fraction of sp³-hybridized carbons (Fsp3) is 0.663. The van der Waals surface area contributed by atoms with Gasteiger partial charge in [-0.2, -0.15) is 5.10 Å². The number of nitrogens with two attached hydrogens (primary N) is 1. The second-order valence-electron chi connectivity index (χ2n) is 40.7. The van der Waals surface area contributed by atoms with E-state index in [1.807, 2.05) is 95.5 Å². The number of rotatable bonds is 12. The molecule has 708 valence electrons. The Hall–Kier alpha value is -9.95. The minimum atomic E-state index is -0.558. The molecule has 36 nitrogen and oxygen atoms in total. The minimum absolute atomic E-state index is 0.0834. The second-order valence-corrected chi connectivity index (χ2v) is 41.1. The maximum atomic E-state index is 12.8.